The molecule has 132 valence electrons. The normalized spacial score (nSPS) is 15.7. The van der Waals surface area contributed by atoms with Crippen LogP contribution in [0.4, 0.5) is 0 Å². The molecule has 0 aliphatic heterocycles. The molecule has 0 saturated heterocycles. The number of carboxylic acid groups (broad SMARTS) is 1. The molecule has 0 aromatic carbocycles. The number of aliphatic carboxylic acids is 1. The number of thiol groups is 2. The Morgan fingerprint density at radius 1 is 0.913 bits per heavy atom. The molecule has 0 spiro atoms. The summed E-state index contributed by atoms with van der Waals surface area (Å²) in [7, 11) is 0. The highest BCUT2D eigenvalue weighted by atomic mass is 32.1. The molecule has 0 bridgehead atoms. The first-order valence-corrected chi connectivity index (χ1v) is 8.01. The molecule has 0 radical (unpaired) electrons. The smallest absolute Gasteiger partial charge is 0.325 e. The van der Waals surface area contributed by atoms with E-state index in [9.17, 15) is 19.2 Å². The van der Waals surface area contributed by atoms with E-state index in [2.05, 4.69) is 41.2 Å². The Morgan fingerprint density at radius 3 is 1.87 bits per heavy atom. The number of amides is 3. The Bertz CT molecular complexity index is 463. The lowest BCUT2D eigenvalue weighted by atomic mass is 10.2. The summed E-state index contributed by atoms with van der Waals surface area (Å²) in [6, 6.07) is -3.92. The van der Waals surface area contributed by atoms with Crippen LogP contribution in [-0.4, -0.2) is 64.5 Å². The largest absolute Gasteiger partial charge is 0.480 e. The highest BCUT2D eigenvalue weighted by Gasteiger charge is 2.26. The average molecular weight is 366 g/mol. The Labute approximate surface area is 144 Å². The third-order valence-corrected chi connectivity index (χ3v) is 3.59. The minimum atomic E-state index is -1.20. The van der Waals surface area contributed by atoms with Crippen molar-refractivity contribution < 1.29 is 24.3 Å². The van der Waals surface area contributed by atoms with E-state index in [1.54, 1.807) is 0 Å². The van der Waals surface area contributed by atoms with Crippen molar-refractivity contribution in [2.45, 2.75) is 38.0 Å². The lowest BCUT2D eigenvalue weighted by molar-refractivity contribution is -0.141. The quantitative estimate of drug-likeness (QED) is 0.229. The van der Waals surface area contributed by atoms with E-state index in [4.69, 9.17) is 10.8 Å². The fourth-order valence-electron chi connectivity index (χ4n) is 1.34. The molecule has 0 saturated carbocycles. The number of nitrogens with one attached hydrogen (secondary N) is 3. The van der Waals surface area contributed by atoms with Crippen LogP contribution in [0.1, 0.15) is 13.8 Å². The van der Waals surface area contributed by atoms with Gasteiger partial charge in [0, 0.05) is 11.5 Å². The fraction of sp³-hybridized carbons (Fsp3) is 0.667. The highest BCUT2D eigenvalue weighted by Crippen LogP contribution is 1.94. The molecule has 9 nitrogen and oxygen atoms in total. The van der Waals surface area contributed by atoms with Gasteiger partial charge in [-0.15, -0.1) is 0 Å². The predicted molar refractivity (Wildman–Crippen MR) is 90.5 cm³/mol. The van der Waals surface area contributed by atoms with Crippen molar-refractivity contribution >= 4 is 48.9 Å². The average Bonchev–Trinajstić information content (AvgIpc) is 2.50. The summed E-state index contributed by atoms with van der Waals surface area (Å²) in [6.07, 6.45) is 0. The molecule has 11 heteroatoms. The first-order chi connectivity index (χ1) is 10.6. The molecule has 0 aliphatic rings. The molecule has 6 N–H and O–H groups in total. The van der Waals surface area contributed by atoms with Gasteiger partial charge in [0.1, 0.15) is 18.1 Å². The van der Waals surface area contributed by atoms with Gasteiger partial charge < -0.3 is 26.8 Å². The molecule has 0 aromatic heterocycles. The minimum absolute atomic E-state index is 0.00324. The van der Waals surface area contributed by atoms with Crippen molar-refractivity contribution in [1.29, 1.82) is 0 Å². The summed E-state index contributed by atoms with van der Waals surface area (Å²) >= 11 is 7.85. The van der Waals surface area contributed by atoms with E-state index in [-0.39, 0.29) is 11.5 Å². The van der Waals surface area contributed by atoms with Crippen LogP contribution in [0.25, 0.3) is 0 Å². The molecule has 0 rings (SSSR count). The summed E-state index contributed by atoms with van der Waals surface area (Å²) in [5.41, 5.74) is 5.49. The highest BCUT2D eigenvalue weighted by molar-refractivity contribution is 7.80. The molecular weight excluding hydrogens is 344 g/mol. The molecule has 0 aromatic rings. The van der Waals surface area contributed by atoms with Crippen LogP contribution in [0, 0.1) is 0 Å². The summed E-state index contributed by atoms with van der Waals surface area (Å²) in [4.78, 5) is 46.1. The van der Waals surface area contributed by atoms with E-state index in [0.29, 0.717) is 0 Å². The first-order valence-electron chi connectivity index (χ1n) is 6.75. The maximum Gasteiger partial charge on any atom is 0.325 e. The maximum atomic E-state index is 12.0. The number of carbonyl (C=O) groups is 4. The van der Waals surface area contributed by atoms with Gasteiger partial charge in [0.15, 0.2) is 0 Å². The number of carboxylic acids is 1. The molecule has 4 unspecified atom stereocenters. The molecule has 0 heterocycles. The third kappa shape index (κ3) is 7.57. The Morgan fingerprint density at radius 2 is 1.43 bits per heavy atom. The zero-order valence-corrected chi connectivity index (χ0v) is 14.6. The van der Waals surface area contributed by atoms with Crippen LogP contribution in [0.3, 0.4) is 0 Å². The van der Waals surface area contributed by atoms with Crippen molar-refractivity contribution in [3.8, 4) is 0 Å². The Hall–Kier alpha value is -1.46. The predicted octanol–water partition coefficient (Wildman–Crippen LogP) is -2.25. The van der Waals surface area contributed by atoms with Crippen molar-refractivity contribution in [2.24, 2.45) is 5.73 Å². The maximum absolute atomic E-state index is 12.0. The summed E-state index contributed by atoms with van der Waals surface area (Å²) in [5, 5.41) is 15.7. The van der Waals surface area contributed by atoms with E-state index in [0.717, 1.165) is 0 Å². The van der Waals surface area contributed by atoms with Gasteiger partial charge in [0.05, 0.1) is 6.04 Å². The Balaban J connectivity index is 4.60. The van der Waals surface area contributed by atoms with E-state index < -0.39 is 47.9 Å². The SMILES string of the molecule is CC(NC(=O)C(C)NC(=O)C(CS)NC(=O)C(N)CS)C(=O)O. The fourth-order valence-corrected chi connectivity index (χ4v) is 1.76. The second-order valence-corrected chi connectivity index (χ2v) is 5.56. The molecule has 4 atom stereocenters. The van der Waals surface area contributed by atoms with Crippen LogP contribution in [-0.2, 0) is 19.2 Å². The van der Waals surface area contributed by atoms with Crippen molar-refractivity contribution in [3.63, 3.8) is 0 Å². The monoisotopic (exact) mass is 366 g/mol. The van der Waals surface area contributed by atoms with Crippen LogP contribution in [0.15, 0.2) is 0 Å². The van der Waals surface area contributed by atoms with E-state index in [1.165, 1.54) is 13.8 Å². The van der Waals surface area contributed by atoms with Crippen LogP contribution >= 0.6 is 25.3 Å². The summed E-state index contributed by atoms with van der Waals surface area (Å²) in [5.74, 6) is -2.95. The first kappa shape index (κ1) is 21.5. The van der Waals surface area contributed by atoms with Crippen molar-refractivity contribution in [3.05, 3.63) is 0 Å². The van der Waals surface area contributed by atoms with Crippen LogP contribution in [0.2, 0.25) is 0 Å². The number of hydrogen-bond donors (Lipinski definition) is 7. The molecular formula is C12H22N4O5S2. The van der Waals surface area contributed by atoms with Crippen molar-refractivity contribution in [2.75, 3.05) is 11.5 Å². The van der Waals surface area contributed by atoms with Crippen LogP contribution < -0.4 is 21.7 Å². The number of hydrogen-bond acceptors (Lipinski definition) is 7. The second kappa shape index (κ2) is 10.3. The second-order valence-electron chi connectivity index (χ2n) is 4.83. The van der Waals surface area contributed by atoms with Gasteiger partial charge in [0.25, 0.3) is 0 Å². The standard InChI is InChI=1S/C12H22N4O5S2/c1-5(9(17)15-6(2)12(20)21)14-11(19)8(4-23)16-10(18)7(13)3-22/h5-8,22-23H,3-4,13H2,1-2H3,(H,14,19)(H,15,17)(H,16,18)(H,20,21). The van der Waals surface area contributed by atoms with Crippen LogP contribution in [0.5, 0.6) is 0 Å². The van der Waals surface area contributed by atoms with Gasteiger partial charge >= 0.3 is 5.97 Å². The molecule has 3 amide bonds. The number of carbonyl (C=O) groups excluding carboxylic acids is 3. The van der Waals surface area contributed by atoms with E-state index >= 15 is 0 Å². The molecule has 23 heavy (non-hydrogen) atoms. The van der Waals surface area contributed by atoms with Gasteiger partial charge in [-0.2, -0.15) is 25.3 Å². The number of nitrogens with two attached hydrogens (primary N) is 1. The number of rotatable bonds is 9. The van der Waals surface area contributed by atoms with Gasteiger partial charge in [-0.3, -0.25) is 19.2 Å². The lowest BCUT2D eigenvalue weighted by Crippen LogP contribution is -2.56. The summed E-state index contributed by atoms with van der Waals surface area (Å²) < 4.78 is 0. The molecule has 0 aliphatic carbocycles. The molecule has 0 fully saturated rings. The van der Waals surface area contributed by atoms with E-state index in [1.807, 2.05) is 0 Å². The lowest BCUT2D eigenvalue weighted by Gasteiger charge is -2.21. The van der Waals surface area contributed by atoms with Gasteiger partial charge in [-0.05, 0) is 13.8 Å². The minimum Gasteiger partial charge on any atom is -0.480 e. The van der Waals surface area contributed by atoms with Gasteiger partial charge in [0.2, 0.25) is 17.7 Å². The summed E-state index contributed by atoms with van der Waals surface area (Å²) in [6.45, 7) is 2.68. The third-order valence-electron chi connectivity index (χ3n) is 2.83. The topological polar surface area (TPSA) is 151 Å². The zero-order valence-electron chi connectivity index (χ0n) is 12.8. The van der Waals surface area contributed by atoms with Gasteiger partial charge in [-0.25, -0.2) is 0 Å². The Kier molecular flexibility index (Phi) is 9.68. The van der Waals surface area contributed by atoms with Gasteiger partial charge in [-0.1, -0.05) is 0 Å². The van der Waals surface area contributed by atoms with Crippen molar-refractivity contribution in [1.82, 2.24) is 16.0 Å². The zero-order chi connectivity index (χ0) is 18.2.